The summed E-state index contributed by atoms with van der Waals surface area (Å²) >= 11 is 9.02. The number of hydrogen-bond donors (Lipinski definition) is 0. The highest BCUT2D eigenvalue weighted by atomic mass is 35.5. The van der Waals surface area contributed by atoms with Crippen molar-refractivity contribution in [2.24, 2.45) is 0 Å². The third-order valence-corrected chi connectivity index (χ3v) is 8.82. The molecule has 0 bridgehead atoms. The fourth-order valence-electron chi connectivity index (χ4n) is 3.02. The zero-order valence-corrected chi connectivity index (χ0v) is 18.0. The summed E-state index contributed by atoms with van der Waals surface area (Å²) in [5.41, 5.74) is 0. The number of nitrogens with zero attached hydrogens (tertiary/aromatic N) is 3. The summed E-state index contributed by atoms with van der Waals surface area (Å²) in [5, 5.41) is 9.80. The molecule has 4 rings (SSSR count). The van der Waals surface area contributed by atoms with Gasteiger partial charge < -0.3 is 9.32 Å². The fourth-order valence-corrected chi connectivity index (χ4v) is 6.92. The van der Waals surface area contributed by atoms with Gasteiger partial charge in [0.05, 0.1) is 22.3 Å². The Kier molecular flexibility index (Phi) is 5.38. The minimum atomic E-state index is -3.04. The van der Waals surface area contributed by atoms with Gasteiger partial charge in [-0.25, -0.2) is 8.42 Å². The first-order valence-corrected chi connectivity index (χ1v) is 12.4. The second-order valence-electron chi connectivity index (χ2n) is 6.46. The van der Waals surface area contributed by atoms with Gasteiger partial charge in [0.25, 0.3) is 11.1 Å². The van der Waals surface area contributed by atoms with E-state index in [1.165, 1.54) is 16.2 Å². The van der Waals surface area contributed by atoms with Gasteiger partial charge in [-0.1, -0.05) is 41.6 Å². The summed E-state index contributed by atoms with van der Waals surface area (Å²) in [6.45, 7) is 0. The van der Waals surface area contributed by atoms with Crippen molar-refractivity contribution in [3.63, 3.8) is 0 Å². The molecule has 11 heteroatoms. The summed E-state index contributed by atoms with van der Waals surface area (Å²) in [7, 11) is -1.41. The van der Waals surface area contributed by atoms with Crippen LogP contribution in [0.15, 0.2) is 33.9 Å². The number of benzene rings is 1. The number of thiophene rings is 1. The zero-order chi connectivity index (χ0) is 19.9. The number of carbonyl (C=O) groups is 1. The average Bonchev–Trinajstić information content (AvgIpc) is 3.37. The number of carbonyl (C=O) groups excluding carboxylic acids is 1. The van der Waals surface area contributed by atoms with Crippen LogP contribution in [0.1, 0.15) is 6.42 Å². The molecule has 1 aliphatic heterocycles. The topological polar surface area (TPSA) is 93.4 Å². The number of amides is 1. The van der Waals surface area contributed by atoms with Crippen molar-refractivity contribution >= 4 is 60.5 Å². The van der Waals surface area contributed by atoms with Crippen LogP contribution in [0, 0.1) is 0 Å². The van der Waals surface area contributed by atoms with Crippen LogP contribution < -0.4 is 0 Å². The predicted molar refractivity (Wildman–Crippen MR) is 111 cm³/mol. The van der Waals surface area contributed by atoms with Crippen molar-refractivity contribution < 1.29 is 17.6 Å². The van der Waals surface area contributed by atoms with E-state index in [-0.39, 0.29) is 34.4 Å². The largest absolute Gasteiger partial charge is 0.410 e. The van der Waals surface area contributed by atoms with E-state index in [1.807, 2.05) is 24.3 Å². The zero-order valence-electron chi connectivity index (χ0n) is 14.8. The molecule has 148 valence electrons. The van der Waals surface area contributed by atoms with E-state index in [0.29, 0.717) is 22.2 Å². The van der Waals surface area contributed by atoms with Crippen molar-refractivity contribution in [1.82, 2.24) is 15.1 Å². The van der Waals surface area contributed by atoms with E-state index in [2.05, 4.69) is 10.2 Å². The van der Waals surface area contributed by atoms with Crippen LogP contribution in [0.4, 0.5) is 0 Å². The van der Waals surface area contributed by atoms with E-state index < -0.39 is 9.84 Å². The molecular weight excluding hydrogens is 442 g/mol. The van der Waals surface area contributed by atoms with Gasteiger partial charge in [0.2, 0.25) is 5.91 Å². The minimum Gasteiger partial charge on any atom is -0.410 e. The molecule has 1 fully saturated rings. The molecule has 1 aliphatic rings. The van der Waals surface area contributed by atoms with Crippen molar-refractivity contribution in [2.75, 3.05) is 24.3 Å². The molecule has 0 N–H and O–H groups in total. The highest BCUT2D eigenvalue weighted by Gasteiger charge is 2.32. The maximum absolute atomic E-state index is 12.4. The SMILES string of the molecule is CN(C(=O)CSc1nnc(-c2sc3ccccc3c2Cl)o1)[C@@H]1CCS(=O)(=O)C1. The number of sulfone groups is 1. The lowest BCUT2D eigenvalue weighted by molar-refractivity contribution is -0.128. The second kappa shape index (κ2) is 7.66. The molecule has 0 radical (unpaired) electrons. The molecule has 3 aromatic rings. The first-order valence-electron chi connectivity index (χ1n) is 8.44. The van der Waals surface area contributed by atoms with Crippen LogP contribution in [0.25, 0.3) is 20.9 Å². The molecule has 7 nitrogen and oxygen atoms in total. The van der Waals surface area contributed by atoms with Crippen LogP contribution in [0.3, 0.4) is 0 Å². The van der Waals surface area contributed by atoms with E-state index in [9.17, 15) is 13.2 Å². The van der Waals surface area contributed by atoms with Gasteiger partial charge in [-0.3, -0.25) is 4.79 Å². The van der Waals surface area contributed by atoms with E-state index >= 15 is 0 Å². The molecule has 1 amide bonds. The standard InChI is InChI=1S/C17H16ClN3O4S3/c1-21(10-6-7-28(23,24)9-10)13(22)8-26-17-20-19-16(25-17)15-14(18)11-4-2-3-5-12(11)27-15/h2-5,10H,6-9H2,1H3/t10-/m1/s1. The third kappa shape index (κ3) is 3.91. The van der Waals surface area contributed by atoms with Crippen molar-refractivity contribution in [1.29, 1.82) is 0 Å². The highest BCUT2D eigenvalue weighted by Crippen LogP contribution is 2.41. The average molecular weight is 458 g/mol. The monoisotopic (exact) mass is 457 g/mol. The lowest BCUT2D eigenvalue weighted by atomic mass is 10.2. The van der Waals surface area contributed by atoms with Gasteiger partial charge in [-0.15, -0.1) is 21.5 Å². The summed E-state index contributed by atoms with van der Waals surface area (Å²) in [6.07, 6.45) is 0.477. The lowest BCUT2D eigenvalue weighted by Gasteiger charge is -2.22. The number of thioether (sulfide) groups is 1. The van der Waals surface area contributed by atoms with Gasteiger partial charge in [0.1, 0.15) is 4.88 Å². The fraction of sp³-hybridized carbons (Fsp3) is 0.353. The van der Waals surface area contributed by atoms with Gasteiger partial charge in [0, 0.05) is 23.2 Å². The Bertz CT molecular complexity index is 1140. The number of fused-ring (bicyclic) bond motifs is 1. The first kappa shape index (κ1) is 19.7. The Morgan fingerprint density at radius 1 is 1.39 bits per heavy atom. The van der Waals surface area contributed by atoms with Crippen LogP contribution in [-0.2, 0) is 14.6 Å². The second-order valence-corrected chi connectivity index (χ2v) is 11.1. The molecule has 1 atom stereocenters. The van der Waals surface area contributed by atoms with Crippen LogP contribution in [0.2, 0.25) is 5.02 Å². The molecular formula is C17H16ClN3O4S3. The smallest absolute Gasteiger partial charge is 0.277 e. The van der Waals surface area contributed by atoms with Crippen LogP contribution in [-0.4, -0.2) is 59.8 Å². The minimum absolute atomic E-state index is 0.0229. The van der Waals surface area contributed by atoms with E-state index in [4.69, 9.17) is 16.0 Å². The molecule has 0 aliphatic carbocycles. The Labute approximate surface area is 175 Å². The van der Waals surface area contributed by atoms with Gasteiger partial charge in [-0.2, -0.15) is 0 Å². The first-order chi connectivity index (χ1) is 13.3. The Morgan fingerprint density at radius 2 is 2.18 bits per heavy atom. The summed E-state index contributed by atoms with van der Waals surface area (Å²) in [4.78, 5) is 14.6. The lowest BCUT2D eigenvalue weighted by Crippen LogP contribution is -2.38. The number of hydrogen-bond acceptors (Lipinski definition) is 8. The van der Waals surface area contributed by atoms with Gasteiger partial charge in [-0.05, 0) is 12.5 Å². The molecule has 0 spiro atoms. The normalized spacial score (nSPS) is 18.6. The quantitative estimate of drug-likeness (QED) is 0.542. The summed E-state index contributed by atoms with van der Waals surface area (Å²) in [6, 6.07) is 7.48. The summed E-state index contributed by atoms with van der Waals surface area (Å²) in [5.74, 6) is 0.387. The van der Waals surface area contributed by atoms with Crippen molar-refractivity contribution in [3.05, 3.63) is 29.3 Å². The molecule has 3 heterocycles. The van der Waals surface area contributed by atoms with Gasteiger partial charge in [0.15, 0.2) is 9.84 Å². The van der Waals surface area contributed by atoms with Crippen LogP contribution in [0.5, 0.6) is 0 Å². The van der Waals surface area contributed by atoms with E-state index in [1.54, 1.807) is 7.05 Å². The number of rotatable bonds is 5. The van der Waals surface area contributed by atoms with Crippen molar-refractivity contribution in [2.45, 2.75) is 17.7 Å². The predicted octanol–water partition coefficient (Wildman–Crippen LogP) is 3.34. The highest BCUT2D eigenvalue weighted by molar-refractivity contribution is 7.99. The molecule has 1 aromatic carbocycles. The Morgan fingerprint density at radius 3 is 2.89 bits per heavy atom. The Balaban J connectivity index is 1.42. The number of aromatic nitrogens is 2. The molecule has 2 aromatic heterocycles. The number of halogens is 1. The summed E-state index contributed by atoms with van der Waals surface area (Å²) < 4.78 is 29.9. The molecule has 28 heavy (non-hydrogen) atoms. The molecule has 0 unspecified atom stereocenters. The van der Waals surface area contributed by atoms with E-state index in [0.717, 1.165) is 21.8 Å². The van der Waals surface area contributed by atoms with Crippen LogP contribution >= 0.6 is 34.7 Å². The Hall–Kier alpha value is -1.62. The molecule has 1 saturated heterocycles. The van der Waals surface area contributed by atoms with Crippen molar-refractivity contribution in [3.8, 4) is 10.8 Å². The molecule has 0 saturated carbocycles. The van der Waals surface area contributed by atoms with Gasteiger partial charge >= 0.3 is 0 Å². The maximum Gasteiger partial charge on any atom is 0.277 e. The third-order valence-electron chi connectivity index (χ3n) is 4.60. The maximum atomic E-state index is 12.4.